The Balaban J connectivity index is 1.55. The zero-order valence-corrected chi connectivity index (χ0v) is 21.0. The zero-order chi connectivity index (χ0) is 26.3. The highest BCUT2D eigenvalue weighted by molar-refractivity contribution is 5.92. The number of nitrogens with one attached hydrogen (secondary N) is 2. The van der Waals surface area contributed by atoms with Crippen LogP contribution >= 0.6 is 0 Å². The van der Waals surface area contributed by atoms with E-state index in [1.807, 2.05) is 52.0 Å². The number of carbonyl (C=O) groups is 2. The van der Waals surface area contributed by atoms with Gasteiger partial charge in [0.05, 0.1) is 18.8 Å². The number of hydrogen-bond acceptors (Lipinski definition) is 5. The van der Waals surface area contributed by atoms with E-state index in [9.17, 15) is 18.4 Å². The van der Waals surface area contributed by atoms with E-state index < -0.39 is 23.3 Å². The SMILES string of the molecule is C[C@H](NC(=O)C=Cc1ccc(F)c(F)c1)c1cccc(N2CCOC(CNC(=O)OC(C)(C)C)C2)c1. The van der Waals surface area contributed by atoms with E-state index in [1.54, 1.807) is 0 Å². The van der Waals surface area contributed by atoms with Gasteiger partial charge in [-0.05, 0) is 69.2 Å². The molecule has 2 aromatic rings. The lowest BCUT2D eigenvalue weighted by atomic mass is 10.1. The third kappa shape index (κ3) is 8.34. The summed E-state index contributed by atoms with van der Waals surface area (Å²) in [7, 11) is 0. The van der Waals surface area contributed by atoms with Crippen LogP contribution < -0.4 is 15.5 Å². The molecule has 0 aromatic heterocycles. The Hall–Kier alpha value is -3.46. The van der Waals surface area contributed by atoms with E-state index >= 15 is 0 Å². The Morgan fingerprint density at radius 2 is 1.97 bits per heavy atom. The van der Waals surface area contributed by atoms with Gasteiger partial charge in [-0.2, -0.15) is 0 Å². The van der Waals surface area contributed by atoms with Gasteiger partial charge in [0.1, 0.15) is 5.60 Å². The summed E-state index contributed by atoms with van der Waals surface area (Å²) in [6.07, 6.45) is 2.05. The van der Waals surface area contributed by atoms with Gasteiger partial charge in [-0.25, -0.2) is 13.6 Å². The molecule has 1 aliphatic rings. The summed E-state index contributed by atoms with van der Waals surface area (Å²) in [5.74, 6) is -2.25. The quantitative estimate of drug-likeness (QED) is 0.543. The van der Waals surface area contributed by atoms with Gasteiger partial charge in [0.2, 0.25) is 5.91 Å². The number of rotatable bonds is 7. The summed E-state index contributed by atoms with van der Waals surface area (Å²) in [6, 6.07) is 11.0. The summed E-state index contributed by atoms with van der Waals surface area (Å²) in [5.41, 5.74) is 1.72. The fourth-order valence-electron chi connectivity index (χ4n) is 3.71. The minimum atomic E-state index is -0.964. The van der Waals surface area contributed by atoms with Gasteiger partial charge in [0.15, 0.2) is 11.6 Å². The highest BCUT2D eigenvalue weighted by atomic mass is 19.2. The van der Waals surface area contributed by atoms with Gasteiger partial charge in [0.25, 0.3) is 0 Å². The number of morpholine rings is 1. The molecule has 0 aliphatic carbocycles. The van der Waals surface area contributed by atoms with Gasteiger partial charge in [-0.3, -0.25) is 4.79 Å². The van der Waals surface area contributed by atoms with Gasteiger partial charge in [-0.1, -0.05) is 18.2 Å². The third-order valence-corrected chi connectivity index (χ3v) is 5.48. The molecule has 0 bridgehead atoms. The molecule has 3 rings (SSSR count). The zero-order valence-electron chi connectivity index (χ0n) is 21.0. The second-order valence-electron chi connectivity index (χ2n) is 9.65. The first kappa shape index (κ1) is 27.1. The topological polar surface area (TPSA) is 79.9 Å². The molecule has 0 saturated carbocycles. The van der Waals surface area contributed by atoms with Crippen molar-refractivity contribution in [3.8, 4) is 0 Å². The van der Waals surface area contributed by atoms with Crippen molar-refractivity contribution in [3.05, 3.63) is 71.3 Å². The molecule has 1 saturated heterocycles. The van der Waals surface area contributed by atoms with Crippen molar-refractivity contribution in [1.29, 1.82) is 0 Å². The molecular weight excluding hydrogens is 468 g/mol. The van der Waals surface area contributed by atoms with Crippen LogP contribution in [-0.4, -0.2) is 49.9 Å². The lowest BCUT2D eigenvalue weighted by Crippen LogP contribution is -2.48. The van der Waals surface area contributed by atoms with Crippen LogP contribution in [0.3, 0.4) is 0 Å². The Bertz CT molecular complexity index is 1100. The fourth-order valence-corrected chi connectivity index (χ4v) is 3.71. The van der Waals surface area contributed by atoms with Crippen molar-refractivity contribution >= 4 is 23.8 Å². The minimum absolute atomic E-state index is 0.187. The van der Waals surface area contributed by atoms with Crippen molar-refractivity contribution in [2.45, 2.75) is 45.4 Å². The molecule has 0 radical (unpaired) electrons. The molecule has 0 spiro atoms. The lowest BCUT2D eigenvalue weighted by Gasteiger charge is -2.35. The van der Waals surface area contributed by atoms with E-state index in [1.165, 1.54) is 18.2 Å². The number of carbonyl (C=O) groups excluding carboxylic acids is 2. The number of amides is 2. The highest BCUT2D eigenvalue weighted by Gasteiger charge is 2.23. The maximum Gasteiger partial charge on any atom is 0.407 e. The van der Waals surface area contributed by atoms with E-state index in [2.05, 4.69) is 15.5 Å². The first-order chi connectivity index (χ1) is 17.0. The van der Waals surface area contributed by atoms with Crippen molar-refractivity contribution in [3.63, 3.8) is 0 Å². The number of hydrogen-bond donors (Lipinski definition) is 2. The van der Waals surface area contributed by atoms with Crippen molar-refractivity contribution < 1.29 is 27.8 Å². The van der Waals surface area contributed by atoms with Gasteiger partial charge >= 0.3 is 6.09 Å². The number of benzene rings is 2. The molecule has 7 nitrogen and oxygen atoms in total. The number of halogens is 2. The Morgan fingerprint density at radius 1 is 1.19 bits per heavy atom. The van der Waals surface area contributed by atoms with Gasteiger partial charge in [0, 0.05) is 31.4 Å². The molecule has 1 heterocycles. The third-order valence-electron chi connectivity index (χ3n) is 5.48. The van der Waals surface area contributed by atoms with E-state index in [0.717, 1.165) is 23.4 Å². The fraction of sp³-hybridized carbons (Fsp3) is 0.407. The van der Waals surface area contributed by atoms with Crippen LogP contribution in [-0.2, 0) is 14.3 Å². The average molecular weight is 502 g/mol. The Morgan fingerprint density at radius 3 is 2.69 bits per heavy atom. The largest absolute Gasteiger partial charge is 0.444 e. The predicted octanol–water partition coefficient (Wildman–Crippen LogP) is 4.59. The molecule has 36 heavy (non-hydrogen) atoms. The maximum absolute atomic E-state index is 13.3. The second-order valence-corrected chi connectivity index (χ2v) is 9.65. The van der Waals surface area contributed by atoms with Crippen LogP contribution in [0.2, 0.25) is 0 Å². The van der Waals surface area contributed by atoms with Crippen LogP contribution in [0.1, 0.15) is 44.9 Å². The second kappa shape index (κ2) is 12.0. The Labute approximate surface area is 210 Å². The summed E-state index contributed by atoms with van der Waals surface area (Å²) in [5, 5.41) is 5.64. The molecule has 1 unspecified atom stereocenters. The molecule has 2 N–H and O–H groups in total. The van der Waals surface area contributed by atoms with Crippen molar-refractivity contribution in [2.75, 3.05) is 31.1 Å². The molecule has 2 atom stereocenters. The molecule has 9 heteroatoms. The molecule has 194 valence electrons. The lowest BCUT2D eigenvalue weighted by molar-refractivity contribution is -0.117. The predicted molar refractivity (Wildman–Crippen MR) is 135 cm³/mol. The van der Waals surface area contributed by atoms with Crippen LogP contribution in [0.15, 0.2) is 48.5 Å². The normalized spacial score (nSPS) is 17.1. The minimum Gasteiger partial charge on any atom is -0.444 e. The number of alkyl carbamates (subject to hydrolysis) is 1. The molecule has 2 amide bonds. The summed E-state index contributed by atoms with van der Waals surface area (Å²) in [6.45, 7) is 9.45. The van der Waals surface area contributed by atoms with E-state index in [4.69, 9.17) is 9.47 Å². The summed E-state index contributed by atoms with van der Waals surface area (Å²) >= 11 is 0. The Kier molecular flexibility index (Phi) is 9.03. The van der Waals surface area contributed by atoms with Crippen LogP contribution in [0, 0.1) is 11.6 Å². The molecule has 1 aliphatic heterocycles. The smallest absolute Gasteiger partial charge is 0.407 e. The average Bonchev–Trinajstić information content (AvgIpc) is 2.83. The van der Waals surface area contributed by atoms with Crippen LogP contribution in [0.4, 0.5) is 19.3 Å². The van der Waals surface area contributed by atoms with Crippen molar-refractivity contribution in [1.82, 2.24) is 10.6 Å². The number of anilines is 1. The highest BCUT2D eigenvalue weighted by Crippen LogP contribution is 2.23. The monoisotopic (exact) mass is 501 g/mol. The maximum atomic E-state index is 13.3. The first-order valence-electron chi connectivity index (χ1n) is 11.9. The standard InChI is InChI=1S/C27H33F2N3O4/c1-18(31-25(33)11-9-19-8-10-23(28)24(29)14-19)20-6-5-7-21(15-20)32-12-13-35-22(17-32)16-30-26(34)36-27(2,3)4/h5-11,14-15,18,22H,12-13,16-17H2,1-4H3,(H,30,34)(H,31,33)/t18-,22?/m0/s1. The van der Waals surface area contributed by atoms with Gasteiger partial charge in [-0.15, -0.1) is 0 Å². The first-order valence-corrected chi connectivity index (χ1v) is 11.9. The molecular formula is C27H33F2N3O4. The van der Waals surface area contributed by atoms with Gasteiger partial charge < -0.3 is 25.0 Å². The van der Waals surface area contributed by atoms with E-state index in [0.29, 0.717) is 31.8 Å². The van der Waals surface area contributed by atoms with E-state index in [-0.39, 0.29) is 18.1 Å². The molecule has 2 aromatic carbocycles. The number of ether oxygens (including phenoxy) is 2. The number of nitrogens with zero attached hydrogens (tertiary/aromatic N) is 1. The molecule has 1 fully saturated rings. The summed E-state index contributed by atoms with van der Waals surface area (Å²) in [4.78, 5) is 26.5. The van der Waals surface area contributed by atoms with Crippen LogP contribution in [0.5, 0.6) is 0 Å². The van der Waals surface area contributed by atoms with Crippen molar-refractivity contribution in [2.24, 2.45) is 0 Å². The summed E-state index contributed by atoms with van der Waals surface area (Å²) < 4.78 is 37.5. The van der Waals surface area contributed by atoms with Crippen LogP contribution in [0.25, 0.3) is 6.08 Å².